The second-order valence-electron chi connectivity index (χ2n) is 10.2. The van der Waals surface area contributed by atoms with Crippen molar-refractivity contribution in [1.29, 1.82) is 0 Å². The number of likely N-dealkylation sites (tertiary alicyclic amines) is 1. The molecule has 0 radical (unpaired) electrons. The maximum Gasteiger partial charge on any atom is 0.326 e. The molecular weight excluding hydrogens is 535 g/mol. The summed E-state index contributed by atoms with van der Waals surface area (Å²) in [5, 5.41) is 13.4. The van der Waals surface area contributed by atoms with Gasteiger partial charge in [0.1, 0.15) is 6.04 Å². The van der Waals surface area contributed by atoms with Crippen LogP contribution in [0.15, 0.2) is 60.7 Å². The molecular formula is C31H32Cl2N2O4. The zero-order valence-electron chi connectivity index (χ0n) is 22.0. The Labute approximate surface area is 238 Å². The standard InChI is InChI=1S/C31H32Cl2N2O4/c1-19-5-9-22(10-6-19)23-11-7-21(8-12-23)16-28(31(38)39)34-30(37)24-4-3-13-35(18-24)29(36)17-25-26(32)14-20(2)15-27(25)33/h5-12,14-15,24,28H,3-4,13,16-18H2,1-2H3,(H,34,37)(H,38,39)/t24?,28-/m0/s1. The van der Waals surface area contributed by atoms with Gasteiger partial charge in [-0.1, -0.05) is 77.3 Å². The molecule has 0 bridgehead atoms. The van der Waals surface area contributed by atoms with Crippen LogP contribution in [0.4, 0.5) is 0 Å². The van der Waals surface area contributed by atoms with Gasteiger partial charge in [0.15, 0.2) is 0 Å². The Morgan fingerprint density at radius 1 is 0.949 bits per heavy atom. The number of aliphatic carboxylic acids is 1. The lowest BCUT2D eigenvalue weighted by Gasteiger charge is -2.33. The summed E-state index contributed by atoms with van der Waals surface area (Å²) in [7, 11) is 0. The van der Waals surface area contributed by atoms with E-state index in [0.717, 1.165) is 22.3 Å². The molecule has 6 nitrogen and oxygen atoms in total. The van der Waals surface area contributed by atoms with E-state index < -0.39 is 17.9 Å². The molecule has 1 heterocycles. The van der Waals surface area contributed by atoms with Crippen molar-refractivity contribution in [3.8, 4) is 11.1 Å². The molecule has 3 aromatic carbocycles. The summed E-state index contributed by atoms with van der Waals surface area (Å²) >= 11 is 12.6. The molecule has 0 spiro atoms. The molecule has 1 aliphatic rings. The number of hydrogen-bond acceptors (Lipinski definition) is 3. The number of benzene rings is 3. The zero-order valence-corrected chi connectivity index (χ0v) is 23.6. The number of aryl methyl sites for hydroxylation is 2. The molecule has 1 unspecified atom stereocenters. The van der Waals surface area contributed by atoms with Crippen LogP contribution in [0.25, 0.3) is 11.1 Å². The van der Waals surface area contributed by atoms with Crippen LogP contribution in [0.2, 0.25) is 10.0 Å². The number of carbonyl (C=O) groups is 3. The van der Waals surface area contributed by atoms with E-state index in [9.17, 15) is 19.5 Å². The number of hydrogen-bond donors (Lipinski definition) is 2. The molecule has 1 aliphatic heterocycles. The molecule has 1 fully saturated rings. The number of amides is 2. The van der Waals surface area contributed by atoms with Crippen LogP contribution >= 0.6 is 23.2 Å². The van der Waals surface area contributed by atoms with E-state index in [1.54, 1.807) is 17.0 Å². The highest BCUT2D eigenvalue weighted by molar-refractivity contribution is 6.36. The number of carboxylic acid groups (broad SMARTS) is 1. The van der Waals surface area contributed by atoms with Crippen molar-refractivity contribution in [2.45, 2.75) is 45.6 Å². The Kier molecular flexibility index (Phi) is 9.31. The van der Waals surface area contributed by atoms with Crippen LogP contribution in [0.5, 0.6) is 0 Å². The zero-order chi connectivity index (χ0) is 28.1. The fourth-order valence-electron chi connectivity index (χ4n) is 4.88. The van der Waals surface area contributed by atoms with E-state index in [2.05, 4.69) is 5.32 Å². The van der Waals surface area contributed by atoms with Crippen LogP contribution in [0.3, 0.4) is 0 Å². The highest BCUT2D eigenvalue weighted by atomic mass is 35.5. The highest BCUT2D eigenvalue weighted by Crippen LogP contribution is 2.28. The first-order chi connectivity index (χ1) is 18.6. The van der Waals surface area contributed by atoms with Gasteiger partial charge in [0, 0.05) is 29.6 Å². The Morgan fingerprint density at radius 3 is 2.13 bits per heavy atom. The summed E-state index contributed by atoms with van der Waals surface area (Å²) in [4.78, 5) is 39.8. The molecule has 4 rings (SSSR count). The summed E-state index contributed by atoms with van der Waals surface area (Å²) in [6.45, 7) is 4.66. The Hall–Kier alpha value is -3.35. The first-order valence-corrected chi connectivity index (χ1v) is 13.8. The van der Waals surface area contributed by atoms with Crippen molar-refractivity contribution in [3.63, 3.8) is 0 Å². The predicted octanol–water partition coefficient (Wildman–Crippen LogP) is 5.87. The minimum absolute atomic E-state index is 0.0443. The quantitative estimate of drug-likeness (QED) is 0.357. The molecule has 204 valence electrons. The largest absolute Gasteiger partial charge is 0.480 e. The van der Waals surface area contributed by atoms with E-state index in [4.69, 9.17) is 23.2 Å². The lowest BCUT2D eigenvalue weighted by Crippen LogP contribution is -2.50. The smallest absolute Gasteiger partial charge is 0.326 e. The van der Waals surface area contributed by atoms with Crippen LogP contribution < -0.4 is 5.32 Å². The third-order valence-electron chi connectivity index (χ3n) is 7.15. The number of nitrogens with one attached hydrogen (secondary N) is 1. The first kappa shape index (κ1) is 28.7. The molecule has 0 aliphatic carbocycles. The van der Waals surface area contributed by atoms with Gasteiger partial charge in [0.2, 0.25) is 11.8 Å². The van der Waals surface area contributed by atoms with Crippen molar-refractivity contribution in [2.75, 3.05) is 13.1 Å². The van der Waals surface area contributed by atoms with Crippen LogP contribution in [0, 0.1) is 19.8 Å². The lowest BCUT2D eigenvalue weighted by molar-refractivity contribution is -0.143. The SMILES string of the molecule is Cc1ccc(-c2ccc(C[C@H](NC(=O)C3CCCN(C(=O)Cc4c(Cl)cc(C)cc4Cl)C3)C(=O)O)cc2)cc1. The third-order valence-corrected chi connectivity index (χ3v) is 7.83. The summed E-state index contributed by atoms with van der Waals surface area (Å²) in [5.41, 5.74) is 5.59. The van der Waals surface area contributed by atoms with Crippen LogP contribution in [-0.2, 0) is 27.2 Å². The Morgan fingerprint density at radius 2 is 1.54 bits per heavy atom. The van der Waals surface area contributed by atoms with Gasteiger partial charge in [-0.2, -0.15) is 0 Å². The molecule has 2 amide bonds. The van der Waals surface area contributed by atoms with Gasteiger partial charge in [-0.05, 0) is 66.6 Å². The molecule has 0 saturated carbocycles. The number of carboxylic acids is 1. The molecule has 39 heavy (non-hydrogen) atoms. The van der Waals surface area contributed by atoms with Crippen LogP contribution in [0.1, 0.15) is 35.1 Å². The molecule has 2 atom stereocenters. The van der Waals surface area contributed by atoms with Gasteiger partial charge in [-0.3, -0.25) is 9.59 Å². The number of halogens is 2. The number of nitrogens with zero attached hydrogens (tertiary/aromatic N) is 1. The van der Waals surface area contributed by atoms with Crippen LogP contribution in [-0.4, -0.2) is 46.9 Å². The second kappa shape index (κ2) is 12.7. The molecule has 3 aromatic rings. The number of rotatable bonds is 8. The highest BCUT2D eigenvalue weighted by Gasteiger charge is 2.31. The van der Waals surface area contributed by atoms with E-state index >= 15 is 0 Å². The van der Waals surface area contributed by atoms with E-state index in [-0.39, 0.29) is 31.2 Å². The Balaban J connectivity index is 1.37. The summed E-state index contributed by atoms with van der Waals surface area (Å²) < 4.78 is 0. The van der Waals surface area contributed by atoms with Gasteiger partial charge in [0.25, 0.3) is 0 Å². The van der Waals surface area contributed by atoms with E-state index in [1.807, 2.05) is 62.4 Å². The molecule has 8 heteroatoms. The molecule has 0 aromatic heterocycles. The topological polar surface area (TPSA) is 86.7 Å². The van der Waals surface area contributed by atoms with E-state index in [0.29, 0.717) is 35.0 Å². The Bertz CT molecular complexity index is 1330. The van der Waals surface area contributed by atoms with Crippen molar-refractivity contribution in [1.82, 2.24) is 10.2 Å². The van der Waals surface area contributed by atoms with Crippen molar-refractivity contribution < 1.29 is 19.5 Å². The average Bonchev–Trinajstić information content (AvgIpc) is 2.91. The lowest BCUT2D eigenvalue weighted by atomic mass is 9.95. The van der Waals surface area contributed by atoms with Gasteiger partial charge >= 0.3 is 5.97 Å². The van der Waals surface area contributed by atoms with E-state index in [1.165, 1.54) is 5.56 Å². The molecule has 1 saturated heterocycles. The minimum Gasteiger partial charge on any atom is -0.480 e. The summed E-state index contributed by atoms with van der Waals surface area (Å²) in [5.74, 6) is -2.11. The predicted molar refractivity (Wildman–Crippen MR) is 154 cm³/mol. The number of carbonyl (C=O) groups excluding carboxylic acids is 2. The van der Waals surface area contributed by atoms with Crippen molar-refractivity contribution in [2.24, 2.45) is 5.92 Å². The van der Waals surface area contributed by atoms with Crippen molar-refractivity contribution >= 4 is 41.0 Å². The fraction of sp³-hybridized carbons (Fsp3) is 0.323. The normalized spacial score (nSPS) is 16.0. The van der Waals surface area contributed by atoms with Crippen molar-refractivity contribution in [3.05, 3.63) is 93.0 Å². The fourth-order valence-corrected chi connectivity index (χ4v) is 5.61. The van der Waals surface area contributed by atoms with Gasteiger partial charge < -0.3 is 15.3 Å². The minimum atomic E-state index is -1.10. The molecule has 2 N–H and O–H groups in total. The third kappa shape index (κ3) is 7.40. The first-order valence-electron chi connectivity index (χ1n) is 13.0. The average molecular weight is 568 g/mol. The monoisotopic (exact) mass is 566 g/mol. The number of piperidine rings is 1. The van der Waals surface area contributed by atoms with Gasteiger partial charge in [-0.15, -0.1) is 0 Å². The second-order valence-corrected chi connectivity index (χ2v) is 11.0. The summed E-state index contributed by atoms with van der Waals surface area (Å²) in [6.07, 6.45) is 1.44. The maximum absolute atomic E-state index is 13.1. The van der Waals surface area contributed by atoms with Gasteiger partial charge in [0.05, 0.1) is 12.3 Å². The van der Waals surface area contributed by atoms with Gasteiger partial charge in [-0.25, -0.2) is 4.79 Å². The summed E-state index contributed by atoms with van der Waals surface area (Å²) in [6, 6.07) is 18.3. The maximum atomic E-state index is 13.1.